The summed E-state index contributed by atoms with van der Waals surface area (Å²) in [7, 11) is 0. The summed E-state index contributed by atoms with van der Waals surface area (Å²) in [5, 5.41) is 3.39. The molecule has 2 aromatic carbocycles. The standard InChI is InChI=1S/C20H20ClNO3/c1-15(17-5-3-2-4-6-17)13-22-19(23)14-25-20(24)12-9-16-7-10-18(21)11-8-16/h2-12,15H,13-14H2,1H3,(H,22,23)/b12-9+/t15-/m0/s1. The van der Waals surface area contributed by atoms with E-state index in [0.29, 0.717) is 11.6 Å². The van der Waals surface area contributed by atoms with E-state index >= 15 is 0 Å². The van der Waals surface area contributed by atoms with Crippen molar-refractivity contribution in [3.63, 3.8) is 0 Å². The van der Waals surface area contributed by atoms with Crippen LogP contribution in [0.5, 0.6) is 0 Å². The second kappa shape index (κ2) is 9.64. The van der Waals surface area contributed by atoms with E-state index in [0.717, 1.165) is 11.1 Å². The van der Waals surface area contributed by atoms with Gasteiger partial charge in [0.1, 0.15) is 0 Å². The SMILES string of the molecule is C[C@@H](CNC(=O)COC(=O)/C=C/c1ccc(Cl)cc1)c1ccccc1. The molecule has 0 heterocycles. The van der Waals surface area contributed by atoms with Gasteiger partial charge in [0, 0.05) is 17.6 Å². The van der Waals surface area contributed by atoms with Crippen LogP contribution in [0, 0.1) is 0 Å². The van der Waals surface area contributed by atoms with Crippen LogP contribution >= 0.6 is 11.6 Å². The van der Waals surface area contributed by atoms with Gasteiger partial charge in [0.05, 0.1) is 0 Å². The number of nitrogens with one attached hydrogen (secondary N) is 1. The van der Waals surface area contributed by atoms with Crippen molar-refractivity contribution < 1.29 is 14.3 Å². The first-order chi connectivity index (χ1) is 12.0. The molecule has 5 heteroatoms. The van der Waals surface area contributed by atoms with Crippen molar-refractivity contribution >= 4 is 29.6 Å². The molecule has 4 nitrogen and oxygen atoms in total. The van der Waals surface area contributed by atoms with E-state index in [1.54, 1.807) is 30.3 Å². The minimum Gasteiger partial charge on any atom is -0.452 e. The summed E-state index contributed by atoms with van der Waals surface area (Å²) in [5.41, 5.74) is 1.97. The molecule has 0 saturated carbocycles. The molecule has 2 aromatic rings. The number of ether oxygens (including phenoxy) is 1. The van der Waals surface area contributed by atoms with E-state index in [-0.39, 0.29) is 18.4 Å². The Balaban J connectivity index is 1.70. The normalized spacial score (nSPS) is 11.9. The molecule has 1 amide bonds. The van der Waals surface area contributed by atoms with Crippen LogP contribution in [0.1, 0.15) is 24.0 Å². The van der Waals surface area contributed by atoms with Gasteiger partial charge in [-0.25, -0.2) is 4.79 Å². The molecule has 0 unspecified atom stereocenters. The molecule has 0 aliphatic carbocycles. The fraction of sp³-hybridized carbons (Fsp3) is 0.200. The average molecular weight is 358 g/mol. The van der Waals surface area contributed by atoms with Crippen LogP contribution < -0.4 is 5.32 Å². The van der Waals surface area contributed by atoms with Crippen LogP contribution in [0.15, 0.2) is 60.7 Å². The number of carbonyl (C=O) groups is 2. The Morgan fingerprint density at radius 1 is 1.12 bits per heavy atom. The van der Waals surface area contributed by atoms with Crippen molar-refractivity contribution in [1.82, 2.24) is 5.32 Å². The van der Waals surface area contributed by atoms with Gasteiger partial charge < -0.3 is 10.1 Å². The van der Waals surface area contributed by atoms with E-state index in [9.17, 15) is 9.59 Å². The van der Waals surface area contributed by atoms with E-state index in [1.807, 2.05) is 37.3 Å². The molecule has 0 fully saturated rings. The molecule has 0 aliphatic heterocycles. The highest BCUT2D eigenvalue weighted by atomic mass is 35.5. The van der Waals surface area contributed by atoms with Gasteiger partial charge in [0.15, 0.2) is 6.61 Å². The van der Waals surface area contributed by atoms with E-state index < -0.39 is 5.97 Å². The lowest BCUT2D eigenvalue weighted by Gasteiger charge is -2.12. The smallest absolute Gasteiger partial charge is 0.331 e. The highest BCUT2D eigenvalue weighted by Crippen LogP contribution is 2.13. The minimum atomic E-state index is -0.568. The lowest BCUT2D eigenvalue weighted by molar-refractivity contribution is -0.143. The second-order valence-corrected chi connectivity index (χ2v) is 6.04. The first kappa shape index (κ1) is 18.7. The first-order valence-electron chi connectivity index (χ1n) is 7.96. The van der Waals surface area contributed by atoms with Gasteiger partial charge in [-0.05, 0) is 35.3 Å². The number of hydrogen-bond donors (Lipinski definition) is 1. The summed E-state index contributed by atoms with van der Waals surface area (Å²) in [6, 6.07) is 16.9. The van der Waals surface area contributed by atoms with Gasteiger partial charge in [-0.1, -0.05) is 61.0 Å². The third-order valence-corrected chi connectivity index (χ3v) is 3.85. The Bertz CT molecular complexity index is 726. The van der Waals surface area contributed by atoms with Gasteiger partial charge in [-0.15, -0.1) is 0 Å². The van der Waals surface area contributed by atoms with Gasteiger partial charge in [-0.2, -0.15) is 0 Å². The number of benzene rings is 2. The Morgan fingerprint density at radius 2 is 1.80 bits per heavy atom. The van der Waals surface area contributed by atoms with E-state index in [1.165, 1.54) is 6.08 Å². The number of halogens is 1. The fourth-order valence-corrected chi connectivity index (χ4v) is 2.27. The summed E-state index contributed by atoms with van der Waals surface area (Å²) in [5.74, 6) is -0.706. The molecular formula is C20H20ClNO3. The van der Waals surface area contributed by atoms with Gasteiger partial charge in [-0.3, -0.25) is 4.79 Å². The van der Waals surface area contributed by atoms with E-state index in [4.69, 9.17) is 16.3 Å². The van der Waals surface area contributed by atoms with E-state index in [2.05, 4.69) is 5.32 Å². The highest BCUT2D eigenvalue weighted by molar-refractivity contribution is 6.30. The van der Waals surface area contributed by atoms with Crippen LogP contribution in [-0.4, -0.2) is 25.0 Å². The molecule has 25 heavy (non-hydrogen) atoms. The topological polar surface area (TPSA) is 55.4 Å². The molecule has 0 spiro atoms. The Kier molecular flexibility index (Phi) is 7.23. The van der Waals surface area contributed by atoms with Crippen molar-refractivity contribution in [3.8, 4) is 0 Å². The van der Waals surface area contributed by atoms with Crippen molar-refractivity contribution in [1.29, 1.82) is 0 Å². The van der Waals surface area contributed by atoms with Crippen molar-refractivity contribution in [2.24, 2.45) is 0 Å². The molecule has 0 aromatic heterocycles. The molecular weight excluding hydrogens is 338 g/mol. The van der Waals surface area contributed by atoms with Crippen LogP contribution in [0.4, 0.5) is 0 Å². The van der Waals surface area contributed by atoms with Gasteiger partial charge >= 0.3 is 5.97 Å². The predicted molar refractivity (Wildman–Crippen MR) is 99.3 cm³/mol. The number of rotatable bonds is 7. The molecule has 2 rings (SSSR count). The number of carbonyl (C=O) groups excluding carboxylic acids is 2. The quantitative estimate of drug-likeness (QED) is 0.605. The zero-order valence-corrected chi connectivity index (χ0v) is 14.7. The maximum Gasteiger partial charge on any atom is 0.331 e. The molecule has 0 bridgehead atoms. The maximum absolute atomic E-state index is 11.8. The second-order valence-electron chi connectivity index (χ2n) is 5.61. The average Bonchev–Trinajstić information content (AvgIpc) is 2.64. The molecule has 0 aliphatic rings. The van der Waals surface area contributed by atoms with Crippen LogP contribution in [0.2, 0.25) is 5.02 Å². The van der Waals surface area contributed by atoms with Crippen LogP contribution in [0.25, 0.3) is 6.08 Å². The minimum absolute atomic E-state index is 0.186. The van der Waals surface area contributed by atoms with Gasteiger partial charge in [0.2, 0.25) is 0 Å². The highest BCUT2D eigenvalue weighted by Gasteiger charge is 2.09. The number of esters is 1. The number of amides is 1. The summed E-state index contributed by atoms with van der Waals surface area (Å²) < 4.78 is 4.92. The monoisotopic (exact) mass is 357 g/mol. The summed E-state index contributed by atoms with van der Waals surface area (Å²) >= 11 is 5.79. The largest absolute Gasteiger partial charge is 0.452 e. The van der Waals surface area contributed by atoms with Crippen molar-refractivity contribution in [2.45, 2.75) is 12.8 Å². The third kappa shape index (κ3) is 6.81. The first-order valence-corrected chi connectivity index (χ1v) is 8.34. The zero-order valence-electron chi connectivity index (χ0n) is 13.9. The predicted octanol–water partition coefficient (Wildman–Crippen LogP) is 3.82. The Hall–Kier alpha value is -2.59. The summed E-state index contributed by atoms with van der Waals surface area (Å²) in [6.07, 6.45) is 2.89. The Morgan fingerprint density at radius 3 is 2.48 bits per heavy atom. The molecule has 0 radical (unpaired) electrons. The molecule has 130 valence electrons. The third-order valence-electron chi connectivity index (χ3n) is 3.60. The van der Waals surface area contributed by atoms with Crippen LogP contribution in [-0.2, 0) is 14.3 Å². The van der Waals surface area contributed by atoms with Crippen LogP contribution in [0.3, 0.4) is 0 Å². The Labute approximate surface area is 152 Å². The fourth-order valence-electron chi connectivity index (χ4n) is 2.14. The molecule has 0 saturated heterocycles. The molecule has 1 N–H and O–H groups in total. The van der Waals surface area contributed by atoms with Crippen molar-refractivity contribution in [3.05, 3.63) is 76.8 Å². The van der Waals surface area contributed by atoms with Gasteiger partial charge in [0.25, 0.3) is 5.91 Å². The van der Waals surface area contributed by atoms with Crippen molar-refractivity contribution in [2.75, 3.05) is 13.2 Å². The number of hydrogen-bond acceptors (Lipinski definition) is 3. The summed E-state index contributed by atoms with van der Waals surface area (Å²) in [6.45, 7) is 2.21. The summed E-state index contributed by atoms with van der Waals surface area (Å²) in [4.78, 5) is 23.4. The lowest BCUT2D eigenvalue weighted by Crippen LogP contribution is -2.31. The lowest BCUT2D eigenvalue weighted by atomic mass is 10.0. The molecule has 1 atom stereocenters. The maximum atomic E-state index is 11.8. The zero-order chi connectivity index (χ0) is 18.1.